The standard InChI is InChI=1S/C27H31N3O5/c1-18-10-13-22(25(16-18)34-4)30(2)27(32)19-11-12-21(24(17-19)33-3)29-26(31)20-8-5-6-9-23(20)35-15-7-14-28/h5-6,8-13,16-17H,7,14-15,28H2,1-4H3,(H,29,31). The van der Waals surface area contributed by atoms with E-state index >= 15 is 0 Å². The van der Waals surface area contributed by atoms with Crippen LogP contribution in [0.15, 0.2) is 60.7 Å². The summed E-state index contributed by atoms with van der Waals surface area (Å²) in [5.74, 6) is 0.825. The van der Waals surface area contributed by atoms with Gasteiger partial charge in [0.25, 0.3) is 11.8 Å². The highest BCUT2D eigenvalue weighted by molar-refractivity contribution is 6.09. The molecule has 0 fully saturated rings. The smallest absolute Gasteiger partial charge is 0.259 e. The van der Waals surface area contributed by atoms with Crippen molar-refractivity contribution in [2.24, 2.45) is 5.73 Å². The summed E-state index contributed by atoms with van der Waals surface area (Å²) in [6, 6.07) is 17.5. The number of carbonyl (C=O) groups excluding carboxylic acids is 2. The molecule has 3 N–H and O–H groups in total. The zero-order valence-electron chi connectivity index (χ0n) is 20.5. The Morgan fingerprint density at radius 1 is 0.943 bits per heavy atom. The number of amides is 2. The van der Waals surface area contributed by atoms with E-state index in [4.69, 9.17) is 19.9 Å². The monoisotopic (exact) mass is 477 g/mol. The van der Waals surface area contributed by atoms with E-state index in [0.29, 0.717) is 59.3 Å². The molecule has 3 aromatic rings. The number of benzene rings is 3. The van der Waals surface area contributed by atoms with Crippen molar-refractivity contribution in [2.45, 2.75) is 13.3 Å². The van der Waals surface area contributed by atoms with Gasteiger partial charge in [0.1, 0.15) is 17.2 Å². The van der Waals surface area contributed by atoms with Gasteiger partial charge in [0.15, 0.2) is 0 Å². The Balaban J connectivity index is 1.81. The van der Waals surface area contributed by atoms with Gasteiger partial charge >= 0.3 is 0 Å². The first kappa shape index (κ1) is 25.6. The summed E-state index contributed by atoms with van der Waals surface area (Å²) in [7, 11) is 4.73. The molecule has 3 rings (SSSR count). The third kappa shape index (κ3) is 6.10. The number of hydrogen-bond acceptors (Lipinski definition) is 6. The highest BCUT2D eigenvalue weighted by Crippen LogP contribution is 2.32. The van der Waals surface area contributed by atoms with Crippen LogP contribution in [0.1, 0.15) is 32.7 Å². The summed E-state index contributed by atoms with van der Waals surface area (Å²) in [4.78, 5) is 27.7. The summed E-state index contributed by atoms with van der Waals surface area (Å²) in [5.41, 5.74) is 8.41. The molecule has 0 aromatic heterocycles. The maximum Gasteiger partial charge on any atom is 0.259 e. The molecule has 8 heteroatoms. The molecular weight excluding hydrogens is 446 g/mol. The number of para-hydroxylation sites is 1. The van der Waals surface area contributed by atoms with E-state index in [-0.39, 0.29) is 11.8 Å². The Morgan fingerprint density at radius 2 is 1.69 bits per heavy atom. The number of carbonyl (C=O) groups is 2. The van der Waals surface area contributed by atoms with E-state index in [9.17, 15) is 9.59 Å². The van der Waals surface area contributed by atoms with Crippen molar-refractivity contribution in [2.75, 3.05) is 44.6 Å². The second kappa shape index (κ2) is 11.9. The van der Waals surface area contributed by atoms with Crippen molar-refractivity contribution in [1.29, 1.82) is 0 Å². The molecule has 0 saturated heterocycles. The lowest BCUT2D eigenvalue weighted by Crippen LogP contribution is -2.26. The number of nitrogens with zero attached hydrogens (tertiary/aromatic N) is 1. The van der Waals surface area contributed by atoms with Crippen LogP contribution in [0.25, 0.3) is 0 Å². The molecule has 0 aliphatic carbocycles. The fourth-order valence-corrected chi connectivity index (χ4v) is 3.53. The van der Waals surface area contributed by atoms with Gasteiger partial charge in [-0.15, -0.1) is 0 Å². The maximum absolute atomic E-state index is 13.2. The number of nitrogens with one attached hydrogen (secondary N) is 1. The van der Waals surface area contributed by atoms with Crippen LogP contribution in [0.2, 0.25) is 0 Å². The lowest BCUT2D eigenvalue weighted by molar-refractivity contribution is 0.0990. The average Bonchev–Trinajstić information content (AvgIpc) is 2.88. The lowest BCUT2D eigenvalue weighted by Gasteiger charge is -2.21. The van der Waals surface area contributed by atoms with Crippen LogP contribution < -0.4 is 30.2 Å². The van der Waals surface area contributed by atoms with Gasteiger partial charge in [0.2, 0.25) is 0 Å². The van der Waals surface area contributed by atoms with Gasteiger partial charge in [-0.05, 0) is 67.9 Å². The lowest BCUT2D eigenvalue weighted by atomic mass is 10.1. The van der Waals surface area contributed by atoms with Crippen molar-refractivity contribution in [3.05, 3.63) is 77.4 Å². The van der Waals surface area contributed by atoms with Crippen LogP contribution in [0.5, 0.6) is 17.2 Å². The molecule has 184 valence electrons. The zero-order chi connectivity index (χ0) is 25.4. The molecule has 8 nitrogen and oxygen atoms in total. The van der Waals surface area contributed by atoms with E-state index in [1.807, 2.05) is 25.1 Å². The Bertz CT molecular complexity index is 1200. The van der Waals surface area contributed by atoms with Crippen molar-refractivity contribution in [3.63, 3.8) is 0 Å². The van der Waals surface area contributed by atoms with Gasteiger partial charge in [0, 0.05) is 12.6 Å². The van der Waals surface area contributed by atoms with Crippen molar-refractivity contribution in [3.8, 4) is 17.2 Å². The van der Waals surface area contributed by atoms with Crippen molar-refractivity contribution in [1.82, 2.24) is 0 Å². The summed E-state index contributed by atoms with van der Waals surface area (Å²) in [6.07, 6.45) is 0.683. The molecule has 0 spiro atoms. The summed E-state index contributed by atoms with van der Waals surface area (Å²) in [6.45, 7) is 2.87. The fourth-order valence-electron chi connectivity index (χ4n) is 3.53. The molecule has 0 saturated carbocycles. The Kier molecular flexibility index (Phi) is 8.69. The molecule has 0 atom stereocenters. The van der Waals surface area contributed by atoms with Crippen LogP contribution in [0.3, 0.4) is 0 Å². The average molecular weight is 478 g/mol. The first-order valence-corrected chi connectivity index (χ1v) is 11.2. The maximum atomic E-state index is 13.2. The van der Waals surface area contributed by atoms with E-state index < -0.39 is 0 Å². The van der Waals surface area contributed by atoms with Crippen LogP contribution in [-0.2, 0) is 0 Å². The zero-order valence-corrected chi connectivity index (χ0v) is 20.5. The largest absolute Gasteiger partial charge is 0.495 e. The van der Waals surface area contributed by atoms with Gasteiger partial charge in [0.05, 0.1) is 37.8 Å². The Hall–Kier alpha value is -4.04. The topological polar surface area (TPSA) is 103 Å². The van der Waals surface area contributed by atoms with Gasteiger partial charge in [-0.25, -0.2) is 0 Å². The second-order valence-electron chi connectivity index (χ2n) is 7.90. The first-order chi connectivity index (χ1) is 16.9. The van der Waals surface area contributed by atoms with Crippen LogP contribution in [0, 0.1) is 6.92 Å². The van der Waals surface area contributed by atoms with E-state index in [1.54, 1.807) is 56.6 Å². The first-order valence-electron chi connectivity index (χ1n) is 11.2. The molecule has 2 amide bonds. The summed E-state index contributed by atoms with van der Waals surface area (Å²) in [5, 5.41) is 2.85. The molecule has 0 bridgehead atoms. The number of aryl methyl sites for hydroxylation is 1. The molecule has 3 aromatic carbocycles. The SMILES string of the molecule is COc1cc(C(=O)N(C)c2ccc(C)cc2OC)ccc1NC(=O)c1ccccc1OCCCN. The fraction of sp³-hybridized carbons (Fsp3) is 0.259. The normalized spacial score (nSPS) is 10.4. The predicted molar refractivity (Wildman–Crippen MR) is 137 cm³/mol. The Morgan fingerprint density at radius 3 is 2.40 bits per heavy atom. The highest BCUT2D eigenvalue weighted by atomic mass is 16.5. The molecular formula is C27H31N3O5. The highest BCUT2D eigenvalue weighted by Gasteiger charge is 2.20. The number of ether oxygens (including phenoxy) is 3. The molecule has 0 radical (unpaired) electrons. The molecule has 0 heterocycles. The van der Waals surface area contributed by atoms with E-state index in [1.165, 1.54) is 12.0 Å². The number of rotatable bonds is 10. The second-order valence-corrected chi connectivity index (χ2v) is 7.90. The quantitative estimate of drug-likeness (QED) is 0.423. The predicted octanol–water partition coefficient (Wildman–Crippen LogP) is 4.27. The Labute approximate surface area is 205 Å². The summed E-state index contributed by atoms with van der Waals surface area (Å²) >= 11 is 0. The third-order valence-electron chi connectivity index (χ3n) is 5.44. The van der Waals surface area contributed by atoms with Gasteiger partial charge in [-0.2, -0.15) is 0 Å². The van der Waals surface area contributed by atoms with Crippen LogP contribution in [-0.4, -0.2) is 46.2 Å². The minimum atomic E-state index is -0.354. The minimum Gasteiger partial charge on any atom is -0.495 e. The number of hydrogen-bond donors (Lipinski definition) is 2. The molecule has 0 aliphatic rings. The van der Waals surface area contributed by atoms with Crippen LogP contribution in [0.4, 0.5) is 11.4 Å². The molecule has 0 unspecified atom stereocenters. The van der Waals surface area contributed by atoms with Gasteiger partial charge < -0.3 is 30.2 Å². The number of methoxy groups -OCH3 is 2. The van der Waals surface area contributed by atoms with E-state index in [0.717, 1.165) is 5.56 Å². The van der Waals surface area contributed by atoms with Gasteiger partial charge in [-0.1, -0.05) is 18.2 Å². The molecule has 35 heavy (non-hydrogen) atoms. The number of nitrogens with two attached hydrogens (primary N) is 1. The molecule has 0 aliphatic heterocycles. The summed E-state index contributed by atoms with van der Waals surface area (Å²) < 4.78 is 16.6. The van der Waals surface area contributed by atoms with Crippen LogP contribution >= 0.6 is 0 Å². The van der Waals surface area contributed by atoms with Gasteiger partial charge in [-0.3, -0.25) is 9.59 Å². The van der Waals surface area contributed by atoms with E-state index in [2.05, 4.69) is 5.32 Å². The third-order valence-corrected chi connectivity index (χ3v) is 5.44. The number of anilines is 2. The van der Waals surface area contributed by atoms with Crippen molar-refractivity contribution >= 4 is 23.2 Å². The van der Waals surface area contributed by atoms with Crippen molar-refractivity contribution < 1.29 is 23.8 Å². The minimum absolute atomic E-state index is 0.248.